The van der Waals surface area contributed by atoms with Crippen LogP contribution in [0, 0.1) is 0 Å². The summed E-state index contributed by atoms with van der Waals surface area (Å²) in [5.41, 5.74) is 0.126. The van der Waals surface area contributed by atoms with Gasteiger partial charge in [0.25, 0.3) is 0 Å². The standard InChI is InChI=1S/C16H25ClN2O2/c1-15(2,3)21-14(20)19-16(4,5)11-18-10-12-8-6-7-9-13(12)17/h6-9,18H,10-11H2,1-5H3,(H,19,20). The molecule has 21 heavy (non-hydrogen) atoms. The molecule has 0 aromatic heterocycles. The topological polar surface area (TPSA) is 50.4 Å². The Kier molecular flexibility index (Phi) is 6.05. The molecule has 118 valence electrons. The predicted octanol–water partition coefficient (Wildman–Crippen LogP) is 3.73. The van der Waals surface area contributed by atoms with Gasteiger partial charge in [-0.1, -0.05) is 29.8 Å². The first kappa shape index (κ1) is 17.8. The minimum Gasteiger partial charge on any atom is -0.444 e. The molecule has 1 amide bonds. The van der Waals surface area contributed by atoms with Crippen LogP contribution in [0.1, 0.15) is 40.2 Å². The second kappa shape index (κ2) is 7.14. The zero-order valence-electron chi connectivity index (χ0n) is 13.4. The number of halogens is 1. The quantitative estimate of drug-likeness (QED) is 0.871. The molecule has 1 aromatic rings. The van der Waals surface area contributed by atoms with Gasteiger partial charge in [-0.2, -0.15) is 0 Å². The van der Waals surface area contributed by atoms with Gasteiger partial charge < -0.3 is 15.4 Å². The Labute approximate surface area is 132 Å². The number of carbonyl (C=O) groups excluding carboxylic acids is 1. The maximum atomic E-state index is 11.8. The van der Waals surface area contributed by atoms with Crippen molar-refractivity contribution >= 4 is 17.7 Å². The number of carbonyl (C=O) groups is 1. The predicted molar refractivity (Wildman–Crippen MR) is 86.6 cm³/mol. The van der Waals surface area contributed by atoms with E-state index in [1.54, 1.807) is 0 Å². The Bertz CT molecular complexity index is 481. The molecule has 0 spiro atoms. The van der Waals surface area contributed by atoms with E-state index in [0.29, 0.717) is 13.1 Å². The number of alkyl carbamates (subject to hydrolysis) is 1. The van der Waals surface area contributed by atoms with Crippen LogP contribution >= 0.6 is 11.6 Å². The first-order chi connectivity index (χ1) is 9.59. The zero-order chi connectivity index (χ0) is 16.1. The Morgan fingerprint density at radius 2 is 1.81 bits per heavy atom. The highest BCUT2D eigenvalue weighted by Gasteiger charge is 2.24. The van der Waals surface area contributed by atoms with E-state index in [1.165, 1.54) is 0 Å². The fraction of sp³-hybridized carbons (Fsp3) is 0.562. The fourth-order valence-corrected chi connectivity index (χ4v) is 1.98. The number of nitrogens with one attached hydrogen (secondary N) is 2. The van der Waals surface area contributed by atoms with E-state index in [-0.39, 0.29) is 0 Å². The normalized spacial score (nSPS) is 12.1. The smallest absolute Gasteiger partial charge is 0.408 e. The summed E-state index contributed by atoms with van der Waals surface area (Å²) in [4.78, 5) is 11.8. The third-order valence-electron chi connectivity index (χ3n) is 2.68. The number of ether oxygens (including phenoxy) is 1. The Hall–Kier alpha value is -1.26. The van der Waals surface area contributed by atoms with Crippen molar-refractivity contribution in [3.8, 4) is 0 Å². The molecule has 1 rings (SSSR count). The highest BCUT2D eigenvalue weighted by atomic mass is 35.5. The lowest BCUT2D eigenvalue weighted by molar-refractivity contribution is 0.0472. The van der Waals surface area contributed by atoms with Crippen molar-refractivity contribution in [2.75, 3.05) is 6.54 Å². The number of hydrogen-bond donors (Lipinski definition) is 2. The van der Waals surface area contributed by atoms with E-state index in [2.05, 4.69) is 10.6 Å². The monoisotopic (exact) mass is 312 g/mol. The van der Waals surface area contributed by atoms with Gasteiger partial charge in [0, 0.05) is 18.1 Å². The lowest BCUT2D eigenvalue weighted by Gasteiger charge is -2.29. The zero-order valence-corrected chi connectivity index (χ0v) is 14.2. The number of benzene rings is 1. The molecule has 0 aliphatic rings. The average Bonchev–Trinajstić information content (AvgIpc) is 2.27. The largest absolute Gasteiger partial charge is 0.444 e. The average molecular weight is 313 g/mol. The Morgan fingerprint density at radius 3 is 2.38 bits per heavy atom. The third-order valence-corrected chi connectivity index (χ3v) is 3.05. The molecule has 0 aliphatic carbocycles. The van der Waals surface area contributed by atoms with Gasteiger partial charge in [0.05, 0.1) is 5.54 Å². The molecule has 0 atom stereocenters. The summed E-state index contributed by atoms with van der Waals surface area (Å²) >= 11 is 6.10. The van der Waals surface area contributed by atoms with Crippen molar-refractivity contribution < 1.29 is 9.53 Å². The lowest BCUT2D eigenvalue weighted by Crippen LogP contribution is -2.51. The van der Waals surface area contributed by atoms with E-state index in [4.69, 9.17) is 16.3 Å². The van der Waals surface area contributed by atoms with E-state index in [9.17, 15) is 4.79 Å². The molecule has 4 nitrogen and oxygen atoms in total. The van der Waals surface area contributed by atoms with Gasteiger partial charge in [-0.05, 0) is 46.2 Å². The van der Waals surface area contributed by atoms with Gasteiger partial charge in [0.1, 0.15) is 5.60 Å². The summed E-state index contributed by atoms with van der Waals surface area (Å²) in [6.07, 6.45) is -0.410. The van der Waals surface area contributed by atoms with Crippen LogP contribution in [-0.4, -0.2) is 23.8 Å². The van der Waals surface area contributed by atoms with E-state index < -0.39 is 17.2 Å². The molecule has 0 unspecified atom stereocenters. The summed E-state index contributed by atoms with van der Waals surface area (Å²) in [6, 6.07) is 7.69. The van der Waals surface area contributed by atoms with Crippen LogP contribution in [0.2, 0.25) is 5.02 Å². The van der Waals surface area contributed by atoms with Crippen molar-refractivity contribution in [1.82, 2.24) is 10.6 Å². The van der Waals surface area contributed by atoms with Crippen LogP contribution in [0.3, 0.4) is 0 Å². The van der Waals surface area contributed by atoms with Crippen molar-refractivity contribution in [1.29, 1.82) is 0 Å². The third kappa shape index (κ3) is 7.34. The maximum Gasteiger partial charge on any atom is 0.408 e. The summed E-state index contributed by atoms with van der Waals surface area (Å²) in [5, 5.41) is 6.89. The molecule has 0 radical (unpaired) electrons. The van der Waals surface area contributed by atoms with E-state index in [1.807, 2.05) is 58.9 Å². The highest BCUT2D eigenvalue weighted by Crippen LogP contribution is 2.14. The van der Waals surface area contributed by atoms with Crippen LogP contribution in [0.4, 0.5) is 4.79 Å². The summed E-state index contributed by atoms with van der Waals surface area (Å²) in [6.45, 7) is 10.7. The van der Waals surface area contributed by atoms with Crippen molar-refractivity contribution in [2.24, 2.45) is 0 Å². The summed E-state index contributed by atoms with van der Waals surface area (Å²) in [5.74, 6) is 0. The SMILES string of the molecule is CC(C)(CNCc1ccccc1Cl)NC(=O)OC(C)(C)C. The van der Waals surface area contributed by atoms with Crippen molar-refractivity contribution in [3.05, 3.63) is 34.9 Å². The summed E-state index contributed by atoms with van der Waals surface area (Å²) < 4.78 is 5.26. The second-order valence-corrected chi connectivity index (χ2v) is 7.11. The van der Waals surface area contributed by atoms with Gasteiger partial charge in [-0.3, -0.25) is 0 Å². The number of amides is 1. The first-order valence-electron chi connectivity index (χ1n) is 7.04. The molecule has 0 fully saturated rings. The minimum atomic E-state index is -0.495. The molecule has 0 saturated heterocycles. The lowest BCUT2D eigenvalue weighted by atomic mass is 10.1. The molecular formula is C16H25ClN2O2. The van der Waals surface area contributed by atoms with E-state index in [0.717, 1.165) is 10.6 Å². The molecule has 0 bridgehead atoms. The minimum absolute atomic E-state index is 0.410. The molecule has 2 N–H and O–H groups in total. The molecule has 0 aliphatic heterocycles. The van der Waals surface area contributed by atoms with E-state index >= 15 is 0 Å². The summed E-state index contributed by atoms with van der Waals surface area (Å²) in [7, 11) is 0. The van der Waals surface area contributed by atoms with Crippen molar-refractivity contribution in [2.45, 2.75) is 52.3 Å². The second-order valence-electron chi connectivity index (χ2n) is 6.71. The van der Waals surface area contributed by atoms with Gasteiger partial charge in [0.15, 0.2) is 0 Å². The van der Waals surface area contributed by atoms with Crippen LogP contribution in [0.25, 0.3) is 0 Å². The van der Waals surface area contributed by atoms with Crippen molar-refractivity contribution in [3.63, 3.8) is 0 Å². The number of rotatable bonds is 5. The fourth-order valence-electron chi connectivity index (χ4n) is 1.78. The van der Waals surface area contributed by atoms with Gasteiger partial charge in [-0.25, -0.2) is 4.79 Å². The Morgan fingerprint density at radius 1 is 1.19 bits per heavy atom. The van der Waals surface area contributed by atoms with Crippen LogP contribution < -0.4 is 10.6 Å². The first-order valence-corrected chi connectivity index (χ1v) is 7.42. The van der Waals surface area contributed by atoms with Gasteiger partial charge in [-0.15, -0.1) is 0 Å². The molecule has 1 aromatic carbocycles. The van der Waals surface area contributed by atoms with Crippen LogP contribution in [0.15, 0.2) is 24.3 Å². The van der Waals surface area contributed by atoms with Gasteiger partial charge in [0.2, 0.25) is 0 Å². The Balaban J connectivity index is 2.43. The maximum absolute atomic E-state index is 11.8. The molecular weight excluding hydrogens is 288 g/mol. The molecule has 0 saturated carbocycles. The highest BCUT2D eigenvalue weighted by molar-refractivity contribution is 6.31. The van der Waals surface area contributed by atoms with Crippen LogP contribution in [0.5, 0.6) is 0 Å². The van der Waals surface area contributed by atoms with Crippen LogP contribution in [-0.2, 0) is 11.3 Å². The number of hydrogen-bond acceptors (Lipinski definition) is 3. The van der Waals surface area contributed by atoms with Gasteiger partial charge >= 0.3 is 6.09 Å². The molecule has 5 heteroatoms. The molecule has 0 heterocycles.